The smallest absolute Gasteiger partial charge is 0.231 e. The molecule has 1 saturated heterocycles. The molecule has 0 radical (unpaired) electrons. The van der Waals surface area contributed by atoms with Crippen molar-refractivity contribution in [3.8, 4) is 0 Å². The molecule has 1 aromatic carbocycles. The molecule has 2 aromatic rings. The Kier molecular flexibility index (Phi) is 5.92. The van der Waals surface area contributed by atoms with Crippen LogP contribution in [0.4, 0.5) is 0 Å². The average Bonchev–Trinajstić information content (AvgIpc) is 2.73. The van der Waals surface area contributed by atoms with Gasteiger partial charge in [0.15, 0.2) is 0 Å². The first kappa shape index (κ1) is 19.5. The molecule has 1 aliphatic rings. The number of sulfonamides is 1. The van der Waals surface area contributed by atoms with Crippen LogP contribution in [-0.4, -0.2) is 42.5 Å². The summed E-state index contributed by atoms with van der Waals surface area (Å²) in [5.74, 6) is 0.00455. The number of nitrogens with zero attached hydrogens (tertiary/aromatic N) is 2. The van der Waals surface area contributed by atoms with Crippen LogP contribution in [-0.2, 0) is 26.8 Å². The lowest BCUT2D eigenvalue weighted by molar-refractivity contribution is -0.128. The first-order valence-corrected chi connectivity index (χ1v) is 10.8. The third-order valence-corrected chi connectivity index (χ3v) is 7.13. The number of carbonyl (C=O) groups excluding carboxylic acids is 1. The molecule has 1 aromatic heterocycles. The molecule has 1 N–H and O–H groups in total. The van der Waals surface area contributed by atoms with Crippen LogP contribution in [0.1, 0.15) is 31.0 Å². The summed E-state index contributed by atoms with van der Waals surface area (Å²) < 4.78 is 25.9. The molecule has 0 saturated carbocycles. The Morgan fingerprint density at radius 2 is 1.78 bits per heavy atom. The van der Waals surface area contributed by atoms with Crippen molar-refractivity contribution in [3.05, 3.63) is 66.0 Å². The fraction of sp³-hybridized carbons (Fsp3) is 0.400. The summed E-state index contributed by atoms with van der Waals surface area (Å²) in [4.78, 5) is 17.5. The van der Waals surface area contributed by atoms with Crippen LogP contribution in [0.5, 0.6) is 0 Å². The summed E-state index contributed by atoms with van der Waals surface area (Å²) in [6.07, 6.45) is 2.62. The number of benzene rings is 1. The average molecular weight is 388 g/mol. The summed E-state index contributed by atoms with van der Waals surface area (Å²) in [7, 11) is -3.24. The summed E-state index contributed by atoms with van der Waals surface area (Å²) in [6, 6.07) is 15.2. The maximum Gasteiger partial charge on any atom is 0.231 e. The van der Waals surface area contributed by atoms with Gasteiger partial charge in [-0.3, -0.25) is 9.78 Å². The number of nitrogens with one attached hydrogen (secondary N) is 1. The largest absolute Gasteiger partial charge is 0.350 e. The molecule has 7 heteroatoms. The lowest BCUT2D eigenvalue weighted by atomic mass is 9.72. The van der Waals surface area contributed by atoms with Crippen molar-refractivity contribution in [2.45, 2.75) is 31.7 Å². The second kappa shape index (κ2) is 8.19. The molecule has 144 valence electrons. The predicted molar refractivity (Wildman–Crippen MR) is 104 cm³/mol. The summed E-state index contributed by atoms with van der Waals surface area (Å²) >= 11 is 0. The van der Waals surface area contributed by atoms with Gasteiger partial charge in [0.1, 0.15) is 0 Å². The minimum Gasteiger partial charge on any atom is -0.350 e. The number of aromatic nitrogens is 1. The van der Waals surface area contributed by atoms with Crippen LogP contribution in [0.25, 0.3) is 0 Å². The minimum absolute atomic E-state index is 0.0760. The van der Waals surface area contributed by atoms with Gasteiger partial charge in [0.2, 0.25) is 15.9 Å². The Balaban J connectivity index is 1.81. The van der Waals surface area contributed by atoms with Crippen molar-refractivity contribution in [2.75, 3.05) is 18.8 Å². The van der Waals surface area contributed by atoms with Gasteiger partial charge in [0.05, 0.1) is 23.4 Å². The summed E-state index contributed by atoms with van der Waals surface area (Å²) in [5.41, 5.74) is 0.993. The van der Waals surface area contributed by atoms with E-state index in [9.17, 15) is 13.2 Å². The molecule has 1 aliphatic heterocycles. The third-order valence-electron chi connectivity index (χ3n) is 5.25. The second-order valence-corrected chi connectivity index (χ2v) is 9.01. The number of carbonyl (C=O) groups is 1. The number of piperidine rings is 1. The molecule has 1 amide bonds. The highest BCUT2D eigenvalue weighted by Gasteiger charge is 2.44. The lowest BCUT2D eigenvalue weighted by Gasteiger charge is -2.40. The van der Waals surface area contributed by atoms with Crippen LogP contribution < -0.4 is 5.32 Å². The van der Waals surface area contributed by atoms with Gasteiger partial charge >= 0.3 is 0 Å². The molecule has 0 atom stereocenters. The Hall–Kier alpha value is -2.25. The van der Waals surface area contributed by atoms with Crippen molar-refractivity contribution in [2.24, 2.45) is 0 Å². The van der Waals surface area contributed by atoms with Gasteiger partial charge in [-0.05, 0) is 37.5 Å². The maximum atomic E-state index is 13.2. The fourth-order valence-electron chi connectivity index (χ4n) is 3.58. The van der Waals surface area contributed by atoms with E-state index in [1.54, 1.807) is 13.1 Å². The zero-order valence-corrected chi connectivity index (χ0v) is 16.3. The van der Waals surface area contributed by atoms with Crippen molar-refractivity contribution in [3.63, 3.8) is 0 Å². The molecule has 3 rings (SSSR count). The van der Waals surface area contributed by atoms with Crippen LogP contribution in [0.3, 0.4) is 0 Å². The van der Waals surface area contributed by atoms with Gasteiger partial charge in [-0.15, -0.1) is 0 Å². The molecule has 2 heterocycles. The van der Waals surface area contributed by atoms with E-state index < -0.39 is 15.4 Å². The molecule has 6 nitrogen and oxygen atoms in total. The minimum atomic E-state index is -3.24. The number of hydrogen-bond acceptors (Lipinski definition) is 4. The van der Waals surface area contributed by atoms with Gasteiger partial charge in [0, 0.05) is 19.3 Å². The van der Waals surface area contributed by atoms with E-state index in [4.69, 9.17) is 0 Å². The van der Waals surface area contributed by atoms with Crippen LogP contribution in [0.15, 0.2) is 54.7 Å². The van der Waals surface area contributed by atoms with Gasteiger partial charge < -0.3 is 5.32 Å². The Morgan fingerprint density at radius 3 is 2.37 bits per heavy atom. The van der Waals surface area contributed by atoms with E-state index in [1.807, 2.05) is 48.5 Å². The molecule has 1 fully saturated rings. The van der Waals surface area contributed by atoms with Crippen molar-refractivity contribution in [1.82, 2.24) is 14.6 Å². The number of pyridine rings is 1. The number of rotatable bonds is 6. The third kappa shape index (κ3) is 4.20. The number of amides is 1. The normalized spacial score (nSPS) is 17.4. The Labute approximate surface area is 160 Å². The lowest BCUT2D eigenvalue weighted by Crippen LogP contribution is -2.52. The SMILES string of the molecule is CCS(=O)(=O)N1CCC(C(=O)NCc2ccccn2)(c2ccccc2)CC1. The first-order chi connectivity index (χ1) is 13.0. The molecular formula is C20H25N3O3S. The molecule has 0 spiro atoms. The summed E-state index contributed by atoms with van der Waals surface area (Å²) in [5, 5.41) is 3.01. The van der Waals surface area contributed by atoms with Gasteiger partial charge in [-0.1, -0.05) is 36.4 Å². The molecule has 27 heavy (non-hydrogen) atoms. The molecule has 0 aliphatic carbocycles. The zero-order chi connectivity index (χ0) is 19.3. The van der Waals surface area contributed by atoms with E-state index >= 15 is 0 Å². The monoisotopic (exact) mass is 387 g/mol. The van der Waals surface area contributed by atoms with Crippen LogP contribution in [0.2, 0.25) is 0 Å². The quantitative estimate of drug-likeness (QED) is 0.823. The zero-order valence-electron chi connectivity index (χ0n) is 15.5. The van der Waals surface area contributed by atoms with Gasteiger partial charge in [-0.25, -0.2) is 12.7 Å². The van der Waals surface area contributed by atoms with Gasteiger partial charge in [0.25, 0.3) is 0 Å². The standard InChI is InChI=1S/C20H25N3O3S/c1-2-27(25,26)23-14-11-20(12-15-23,17-8-4-3-5-9-17)19(24)22-16-18-10-6-7-13-21-18/h3-10,13H,2,11-12,14-16H2,1H3,(H,22,24). The van der Waals surface area contributed by atoms with Crippen molar-refractivity contribution < 1.29 is 13.2 Å². The molecule has 0 bridgehead atoms. The highest BCUT2D eigenvalue weighted by molar-refractivity contribution is 7.89. The van der Waals surface area contributed by atoms with E-state index in [2.05, 4.69) is 10.3 Å². The van der Waals surface area contributed by atoms with E-state index in [1.165, 1.54) is 4.31 Å². The maximum absolute atomic E-state index is 13.2. The fourth-order valence-corrected chi connectivity index (χ4v) is 4.68. The van der Waals surface area contributed by atoms with E-state index in [0.717, 1.165) is 11.3 Å². The first-order valence-electron chi connectivity index (χ1n) is 9.19. The summed E-state index contributed by atoms with van der Waals surface area (Å²) in [6.45, 7) is 2.70. The number of hydrogen-bond donors (Lipinski definition) is 1. The molecule has 0 unspecified atom stereocenters. The Morgan fingerprint density at radius 1 is 1.11 bits per heavy atom. The Bertz CT molecular complexity index is 862. The van der Waals surface area contributed by atoms with Crippen molar-refractivity contribution >= 4 is 15.9 Å². The highest BCUT2D eigenvalue weighted by atomic mass is 32.2. The van der Waals surface area contributed by atoms with E-state index in [0.29, 0.717) is 32.5 Å². The van der Waals surface area contributed by atoms with Crippen LogP contribution in [0, 0.1) is 0 Å². The second-order valence-electron chi connectivity index (χ2n) is 6.75. The van der Waals surface area contributed by atoms with Crippen LogP contribution >= 0.6 is 0 Å². The van der Waals surface area contributed by atoms with Crippen molar-refractivity contribution in [1.29, 1.82) is 0 Å². The molecular weight excluding hydrogens is 362 g/mol. The predicted octanol–water partition coefficient (Wildman–Crippen LogP) is 2.08. The topological polar surface area (TPSA) is 79.4 Å². The van der Waals surface area contributed by atoms with E-state index in [-0.39, 0.29) is 11.7 Å². The highest BCUT2D eigenvalue weighted by Crippen LogP contribution is 2.36. The van der Waals surface area contributed by atoms with Gasteiger partial charge in [-0.2, -0.15) is 0 Å².